The number of fused-ring (bicyclic) bond motifs is 2. The Morgan fingerprint density at radius 1 is 0.692 bits per heavy atom. The Labute approximate surface area is 154 Å². The van der Waals surface area contributed by atoms with Crippen LogP contribution < -0.4 is 5.43 Å². The van der Waals surface area contributed by atoms with Crippen LogP contribution in [-0.4, -0.2) is 0 Å². The number of hydrogen-bond donors (Lipinski definition) is 0. The number of benzene rings is 3. The third-order valence-electron chi connectivity index (χ3n) is 4.59. The van der Waals surface area contributed by atoms with E-state index < -0.39 is 0 Å². The largest absolute Gasteiger partial charge is 0.456 e. The van der Waals surface area contributed by atoms with E-state index in [1.807, 2.05) is 60.7 Å². The van der Waals surface area contributed by atoms with Crippen molar-refractivity contribution in [3.05, 3.63) is 94.5 Å². The average molecular weight is 354 g/mol. The van der Waals surface area contributed by atoms with Crippen molar-refractivity contribution < 1.29 is 4.42 Å². The van der Waals surface area contributed by atoms with Crippen molar-refractivity contribution in [2.45, 2.75) is 0 Å². The number of thiophene rings is 1. The molecule has 0 bridgehead atoms. The molecule has 5 aromatic rings. The summed E-state index contributed by atoms with van der Waals surface area (Å²) in [5.41, 5.74) is 4.47. The van der Waals surface area contributed by atoms with Gasteiger partial charge in [-0.15, -0.1) is 11.3 Å². The van der Waals surface area contributed by atoms with Crippen molar-refractivity contribution in [2.24, 2.45) is 0 Å². The monoisotopic (exact) mass is 354 g/mol. The van der Waals surface area contributed by atoms with Gasteiger partial charge in [0.25, 0.3) is 0 Å². The van der Waals surface area contributed by atoms with Crippen LogP contribution in [0.15, 0.2) is 93.5 Å². The predicted octanol–water partition coefficient (Wildman–Crippen LogP) is 6.34. The lowest BCUT2D eigenvalue weighted by Gasteiger charge is -2.11. The van der Waals surface area contributed by atoms with Gasteiger partial charge < -0.3 is 4.42 Å². The molecule has 0 N–H and O–H groups in total. The van der Waals surface area contributed by atoms with Gasteiger partial charge in [0, 0.05) is 10.4 Å². The second-order valence-electron chi connectivity index (χ2n) is 6.16. The Bertz CT molecular complexity index is 1280. The normalized spacial score (nSPS) is 11.2. The Kier molecular flexibility index (Phi) is 3.47. The van der Waals surface area contributed by atoms with Crippen LogP contribution >= 0.6 is 11.3 Å². The molecular formula is C23H14O2S. The fourth-order valence-corrected chi connectivity index (χ4v) is 4.10. The quantitative estimate of drug-likeness (QED) is 0.346. The van der Waals surface area contributed by atoms with E-state index in [4.69, 9.17) is 4.42 Å². The summed E-state index contributed by atoms with van der Waals surface area (Å²) in [6.07, 6.45) is 0. The van der Waals surface area contributed by atoms with E-state index in [9.17, 15) is 4.79 Å². The molecule has 0 saturated carbocycles. The van der Waals surface area contributed by atoms with Crippen LogP contribution in [0.2, 0.25) is 0 Å². The zero-order chi connectivity index (χ0) is 17.5. The molecule has 0 aliphatic carbocycles. The summed E-state index contributed by atoms with van der Waals surface area (Å²) in [7, 11) is 0. The topological polar surface area (TPSA) is 30.2 Å². The Balaban J connectivity index is 1.92. The number of rotatable bonds is 2. The van der Waals surface area contributed by atoms with E-state index in [-0.39, 0.29) is 5.43 Å². The first-order valence-electron chi connectivity index (χ1n) is 8.40. The fraction of sp³-hybridized carbons (Fsp3) is 0. The van der Waals surface area contributed by atoms with Gasteiger partial charge >= 0.3 is 0 Å². The molecule has 0 atom stereocenters. The minimum Gasteiger partial charge on any atom is -0.456 e. The molecule has 3 heteroatoms. The highest BCUT2D eigenvalue weighted by molar-refractivity contribution is 7.13. The standard InChI is InChI=1S/C23H14O2S/c24-23-16-9-4-5-10-20(16)25-21-14-18(22-11-6-12-26-22)17(13-19(21)23)15-7-2-1-3-8-15/h1-14H. The molecule has 2 nitrogen and oxygen atoms in total. The van der Waals surface area contributed by atoms with Crippen LogP contribution in [0.3, 0.4) is 0 Å². The lowest BCUT2D eigenvalue weighted by atomic mass is 9.96. The highest BCUT2D eigenvalue weighted by Gasteiger charge is 2.14. The molecule has 0 spiro atoms. The lowest BCUT2D eigenvalue weighted by Crippen LogP contribution is -2.02. The zero-order valence-corrected chi connectivity index (χ0v) is 14.6. The van der Waals surface area contributed by atoms with Crippen LogP contribution in [-0.2, 0) is 0 Å². The minimum atomic E-state index is 0.0109. The zero-order valence-electron chi connectivity index (χ0n) is 13.8. The summed E-state index contributed by atoms with van der Waals surface area (Å²) >= 11 is 1.68. The Morgan fingerprint density at radius 3 is 2.31 bits per heavy atom. The van der Waals surface area contributed by atoms with Crippen LogP contribution in [0.5, 0.6) is 0 Å². The molecule has 0 fully saturated rings. The van der Waals surface area contributed by atoms with Crippen molar-refractivity contribution in [3.8, 4) is 21.6 Å². The predicted molar refractivity (Wildman–Crippen MR) is 109 cm³/mol. The van der Waals surface area contributed by atoms with Gasteiger partial charge in [0.05, 0.1) is 10.8 Å². The summed E-state index contributed by atoms with van der Waals surface area (Å²) in [5.74, 6) is 0. The molecule has 2 aromatic heterocycles. The van der Waals surface area contributed by atoms with Crippen LogP contribution in [0.4, 0.5) is 0 Å². The molecule has 26 heavy (non-hydrogen) atoms. The van der Waals surface area contributed by atoms with E-state index in [0.29, 0.717) is 21.9 Å². The van der Waals surface area contributed by atoms with E-state index in [1.165, 1.54) is 0 Å². The molecule has 124 valence electrons. The molecule has 0 amide bonds. The summed E-state index contributed by atoms with van der Waals surface area (Å²) < 4.78 is 6.06. The minimum absolute atomic E-state index is 0.0109. The first-order chi connectivity index (χ1) is 12.8. The van der Waals surface area contributed by atoms with Gasteiger partial charge in [-0.1, -0.05) is 48.5 Å². The van der Waals surface area contributed by atoms with E-state index in [0.717, 1.165) is 21.6 Å². The van der Waals surface area contributed by atoms with Crippen molar-refractivity contribution in [3.63, 3.8) is 0 Å². The molecule has 0 aliphatic rings. The van der Waals surface area contributed by atoms with Crippen molar-refractivity contribution in [1.82, 2.24) is 0 Å². The molecule has 2 heterocycles. The van der Waals surface area contributed by atoms with Crippen molar-refractivity contribution in [2.75, 3.05) is 0 Å². The van der Waals surface area contributed by atoms with Crippen LogP contribution in [0.25, 0.3) is 43.5 Å². The second kappa shape index (κ2) is 5.97. The smallest absolute Gasteiger partial charge is 0.200 e. The molecule has 0 unspecified atom stereocenters. The summed E-state index contributed by atoms with van der Waals surface area (Å²) in [5, 5.41) is 3.29. The first-order valence-corrected chi connectivity index (χ1v) is 9.28. The van der Waals surface area contributed by atoms with Crippen molar-refractivity contribution >= 4 is 33.3 Å². The van der Waals surface area contributed by atoms with E-state index in [1.54, 1.807) is 11.3 Å². The van der Waals surface area contributed by atoms with Gasteiger partial charge in [-0.05, 0) is 46.8 Å². The molecule has 0 radical (unpaired) electrons. The van der Waals surface area contributed by atoms with Gasteiger partial charge in [0.2, 0.25) is 5.43 Å². The van der Waals surface area contributed by atoms with Gasteiger partial charge in [-0.2, -0.15) is 0 Å². The van der Waals surface area contributed by atoms with Gasteiger partial charge in [-0.25, -0.2) is 0 Å². The number of hydrogen-bond acceptors (Lipinski definition) is 3. The van der Waals surface area contributed by atoms with Crippen LogP contribution in [0, 0.1) is 0 Å². The molecule has 0 aliphatic heterocycles. The van der Waals surface area contributed by atoms with Gasteiger partial charge in [0.15, 0.2) is 0 Å². The average Bonchev–Trinajstić information content (AvgIpc) is 3.23. The number of para-hydroxylation sites is 1. The van der Waals surface area contributed by atoms with E-state index >= 15 is 0 Å². The Morgan fingerprint density at radius 2 is 1.50 bits per heavy atom. The highest BCUT2D eigenvalue weighted by Crippen LogP contribution is 2.37. The SMILES string of the molecule is O=c1c2ccccc2oc2cc(-c3cccs3)c(-c3ccccc3)cc12. The van der Waals surface area contributed by atoms with Crippen LogP contribution in [0.1, 0.15) is 0 Å². The molecule has 5 rings (SSSR count). The lowest BCUT2D eigenvalue weighted by molar-refractivity contribution is 0.660. The maximum atomic E-state index is 13.0. The van der Waals surface area contributed by atoms with Gasteiger partial charge in [-0.3, -0.25) is 4.79 Å². The Hall–Kier alpha value is -3.17. The third kappa shape index (κ3) is 2.37. The molecular weight excluding hydrogens is 340 g/mol. The van der Waals surface area contributed by atoms with E-state index in [2.05, 4.69) is 23.6 Å². The highest BCUT2D eigenvalue weighted by atomic mass is 32.1. The van der Waals surface area contributed by atoms with Crippen molar-refractivity contribution in [1.29, 1.82) is 0 Å². The molecule has 0 saturated heterocycles. The second-order valence-corrected chi connectivity index (χ2v) is 7.11. The molecule has 3 aromatic carbocycles. The maximum Gasteiger partial charge on any atom is 0.200 e. The summed E-state index contributed by atoms with van der Waals surface area (Å²) in [6, 6.07) is 25.7. The summed E-state index contributed by atoms with van der Waals surface area (Å²) in [4.78, 5) is 14.2. The maximum absolute atomic E-state index is 13.0. The summed E-state index contributed by atoms with van der Waals surface area (Å²) in [6.45, 7) is 0. The fourth-order valence-electron chi connectivity index (χ4n) is 3.34. The first kappa shape index (κ1) is 15.1. The third-order valence-corrected chi connectivity index (χ3v) is 5.49. The van der Waals surface area contributed by atoms with Gasteiger partial charge in [0.1, 0.15) is 11.2 Å².